The first-order valence-corrected chi connectivity index (χ1v) is 7.19. The van der Waals surface area contributed by atoms with E-state index in [0.29, 0.717) is 6.42 Å². The zero-order chi connectivity index (χ0) is 12.8. The van der Waals surface area contributed by atoms with Crippen molar-refractivity contribution in [3.63, 3.8) is 0 Å². The molecule has 0 aromatic carbocycles. The normalized spacial score (nSPS) is 13.2. The Balaban J connectivity index is 3.95. The van der Waals surface area contributed by atoms with Gasteiger partial charge < -0.3 is 5.32 Å². The highest BCUT2D eigenvalue weighted by Crippen LogP contribution is 2.09. The molecular weight excluding hydrogens is 228 g/mol. The van der Waals surface area contributed by atoms with Crippen molar-refractivity contribution in [2.75, 3.05) is 18.6 Å². The summed E-state index contributed by atoms with van der Waals surface area (Å²) in [6, 6.07) is 1.93. The summed E-state index contributed by atoms with van der Waals surface area (Å²) in [6.45, 7) is 3.88. The van der Waals surface area contributed by atoms with Gasteiger partial charge in [0.25, 0.3) is 0 Å². The number of hydrogen-bond acceptors (Lipinski definition) is 4. The Kier molecular flexibility index (Phi) is 6.04. The maximum Gasteiger partial charge on any atom is 0.237 e. The lowest BCUT2D eigenvalue weighted by Gasteiger charge is -2.12. The molecule has 0 fully saturated rings. The summed E-state index contributed by atoms with van der Waals surface area (Å²) in [5.74, 6) is -0.990. The SMILES string of the molecule is CC(C)C(C#N)C(=O)NCCCS(C)(=O)=O. The van der Waals surface area contributed by atoms with E-state index < -0.39 is 15.8 Å². The first kappa shape index (κ1) is 14.9. The van der Waals surface area contributed by atoms with Crippen LogP contribution in [0.25, 0.3) is 0 Å². The standard InChI is InChI=1S/C10H18N2O3S/c1-8(2)9(7-11)10(13)12-5-4-6-16(3,14)15/h8-9H,4-6H2,1-3H3,(H,12,13). The number of nitrogens with zero attached hydrogens (tertiary/aromatic N) is 1. The molecule has 0 bridgehead atoms. The van der Waals surface area contributed by atoms with Crippen LogP contribution in [-0.4, -0.2) is 32.9 Å². The lowest BCUT2D eigenvalue weighted by Crippen LogP contribution is -2.33. The molecule has 0 saturated carbocycles. The van der Waals surface area contributed by atoms with Gasteiger partial charge in [-0.2, -0.15) is 5.26 Å². The van der Waals surface area contributed by atoms with Gasteiger partial charge in [-0.15, -0.1) is 0 Å². The first-order chi connectivity index (χ1) is 7.28. The lowest BCUT2D eigenvalue weighted by atomic mass is 9.97. The Labute approximate surface area is 96.8 Å². The molecule has 16 heavy (non-hydrogen) atoms. The fourth-order valence-electron chi connectivity index (χ4n) is 1.17. The fraction of sp³-hybridized carbons (Fsp3) is 0.800. The molecular formula is C10H18N2O3S. The maximum atomic E-state index is 11.5. The van der Waals surface area contributed by atoms with E-state index >= 15 is 0 Å². The number of nitriles is 1. The monoisotopic (exact) mass is 246 g/mol. The van der Waals surface area contributed by atoms with Crippen molar-refractivity contribution in [1.29, 1.82) is 5.26 Å². The summed E-state index contributed by atoms with van der Waals surface area (Å²) in [4.78, 5) is 11.5. The minimum atomic E-state index is -2.98. The van der Waals surface area contributed by atoms with Crippen molar-refractivity contribution < 1.29 is 13.2 Å². The van der Waals surface area contributed by atoms with Gasteiger partial charge in [0.05, 0.1) is 11.8 Å². The molecule has 1 N–H and O–H groups in total. The minimum absolute atomic E-state index is 0.0418. The lowest BCUT2D eigenvalue weighted by molar-refractivity contribution is -0.124. The molecule has 0 aromatic rings. The summed E-state index contributed by atoms with van der Waals surface area (Å²) < 4.78 is 21.6. The van der Waals surface area contributed by atoms with Crippen LogP contribution < -0.4 is 5.32 Å². The van der Waals surface area contributed by atoms with Gasteiger partial charge in [-0.05, 0) is 12.3 Å². The summed E-state index contributed by atoms with van der Waals surface area (Å²) in [7, 11) is -2.98. The van der Waals surface area contributed by atoms with Crippen molar-refractivity contribution in [2.24, 2.45) is 11.8 Å². The Morgan fingerprint density at radius 1 is 1.44 bits per heavy atom. The largest absolute Gasteiger partial charge is 0.355 e. The molecule has 0 saturated heterocycles. The number of hydrogen-bond donors (Lipinski definition) is 1. The van der Waals surface area contributed by atoms with Gasteiger partial charge in [-0.1, -0.05) is 13.8 Å². The van der Waals surface area contributed by atoms with Crippen LogP contribution in [0.1, 0.15) is 20.3 Å². The number of carbonyl (C=O) groups excluding carboxylic acids is 1. The summed E-state index contributed by atoms with van der Waals surface area (Å²) >= 11 is 0. The smallest absolute Gasteiger partial charge is 0.237 e. The summed E-state index contributed by atoms with van der Waals surface area (Å²) in [5.41, 5.74) is 0. The number of amides is 1. The van der Waals surface area contributed by atoms with Crippen molar-refractivity contribution in [2.45, 2.75) is 20.3 Å². The van der Waals surface area contributed by atoms with Gasteiger partial charge in [0.1, 0.15) is 15.8 Å². The molecule has 0 heterocycles. The average molecular weight is 246 g/mol. The molecule has 0 aliphatic rings. The van der Waals surface area contributed by atoms with Crippen molar-refractivity contribution in [1.82, 2.24) is 5.32 Å². The topological polar surface area (TPSA) is 87.0 Å². The minimum Gasteiger partial charge on any atom is -0.355 e. The van der Waals surface area contributed by atoms with Gasteiger partial charge in [-0.3, -0.25) is 4.79 Å². The molecule has 0 radical (unpaired) electrons. The Bertz CT molecular complexity index is 368. The molecule has 0 rings (SSSR count). The number of carbonyl (C=O) groups is 1. The van der Waals surface area contributed by atoms with E-state index in [4.69, 9.17) is 5.26 Å². The number of sulfone groups is 1. The van der Waals surface area contributed by atoms with Crippen molar-refractivity contribution in [3.05, 3.63) is 0 Å². The third-order valence-corrected chi connectivity index (χ3v) is 3.11. The van der Waals surface area contributed by atoms with Gasteiger partial charge in [0, 0.05) is 12.8 Å². The van der Waals surface area contributed by atoms with E-state index in [9.17, 15) is 13.2 Å². The maximum absolute atomic E-state index is 11.5. The third kappa shape index (κ3) is 6.40. The van der Waals surface area contributed by atoms with E-state index in [1.54, 1.807) is 13.8 Å². The molecule has 5 nitrogen and oxygen atoms in total. The van der Waals surface area contributed by atoms with Crippen LogP contribution in [0.5, 0.6) is 0 Å². The summed E-state index contributed by atoms with van der Waals surface area (Å²) in [6.07, 6.45) is 1.53. The highest BCUT2D eigenvalue weighted by atomic mass is 32.2. The van der Waals surface area contributed by atoms with E-state index in [1.165, 1.54) is 0 Å². The van der Waals surface area contributed by atoms with E-state index in [1.807, 2.05) is 6.07 Å². The highest BCUT2D eigenvalue weighted by Gasteiger charge is 2.20. The van der Waals surface area contributed by atoms with Gasteiger partial charge in [-0.25, -0.2) is 8.42 Å². The first-order valence-electron chi connectivity index (χ1n) is 5.13. The number of nitrogens with one attached hydrogen (secondary N) is 1. The fourth-order valence-corrected chi connectivity index (χ4v) is 1.84. The zero-order valence-electron chi connectivity index (χ0n) is 9.86. The van der Waals surface area contributed by atoms with Gasteiger partial charge >= 0.3 is 0 Å². The van der Waals surface area contributed by atoms with E-state index in [2.05, 4.69) is 5.32 Å². The van der Waals surface area contributed by atoms with E-state index in [-0.39, 0.29) is 24.1 Å². The van der Waals surface area contributed by atoms with Gasteiger partial charge in [0.15, 0.2) is 0 Å². The van der Waals surface area contributed by atoms with Gasteiger partial charge in [0.2, 0.25) is 5.91 Å². The molecule has 0 aliphatic carbocycles. The molecule has 1 unspecified atom stereocenters. The number of rotatable bonds is 6. The van der Waals surface area contributed by atoms with Crippen LogP contribution in [0.15, 0.2) is 0 Å². The van der Waals surface area contributed by atoms with Crippen LogP contribution in [-0.2, 0) is 14.6 Å². The molecule has 6 heteroatoms. The van der Waals surface area contributed by atoms with Crippen LogP contribution in [0.4, 0.5) is 0 Å². The van der Waals surface area contributed by atoms with Crippen LogP contribution in [0.2, 0.25) is 0 Å². The predicted molar refractivity (Wildman–Crippen MR) is 61.3 cm³/mol. The van der Waals surface area contributed by atoms with Crippen molar-refractivity contribution >= 4 is 15.7 Å². The Hall–Kier alpha value is -1.09. The van der Waals surface area contributed by atoms with Crippen LogP contribution in [0, 0.1) is 23.2 Å². The Morgan fingerprint density at radius 3 is 2.38 bits per heavy atom. The second-order valence-electron chi connectivity index (χ2n) is 4.13. The molecule has 1 atom stereocenters. The van der Waals surface area contributed by atoms with Crippen LogP contribution in [0.3, 0.4) is 0 Å². The second kappa shape index (κ2) is 6.48. The second-order valence-corrected chi connectivity index (χ2v) is 6.38. The third-order valence-electron chi connectivity index (χ3n) is 2.08. The molecule has 0 aliphatic heterocycles. The predicted octanol–water partition coefficient (Wildman–Crippen LogP) is 0.333. The average Bonchev–Trinajstić information content (AvgIpc) is 2.11. The van der Waals surface area contributed by atoms with Crippen LogP contribution >= 0.6 is 0 Å². The molecule has 0 aromatic heterocycles. The summed E-state index contributed by atoms with van der Waals surface area (Å²) in [5, 5.41) is 11.3. The zero-order valence-corrected chi connectivity index (χ0v) is 10.7. The molecule has 0 spiro atoms. The molecule has 1 amide bonds. The molecule has 92 valence electrons. The Morgan fingerprint density at radius 2 is 2.00 bits per heavy atom. The highest BCUT2D eigenvalue weighted by molar-refractivity contribution is 7.90. The van der Waals surface area contributed by atoms with Crippen molar-refractivity contribution in [3.8, 4) is 6.07 Å². The van der Waals surface area contributed by atoms with E-state index in [0.717, 1.165) is 6.26 Å². The quantitative estimate of drug-likeness (QED) is 0.684.